The van der Waals surface area contributed by atoms with Crippen LogP contribution >= 0.6 is 0 Å². The van der Waals surface area contributed by atoms with E-state index >= 15 is 0 Å². The number of allylic oxidation sites excluding steroid dienone is 1. The van der Waals surface area contributed by atoms with E-state index in [-0.39, 0.29) is 0 Å². The Morgan fingerprint density at radius 3 is 2.86 bits per heavy atom. The average molecular weight is 189 g/mol. The molecule has 0 unspecified atom stereocenters. The highest BCUT2D eigenvalue weighted by Gasteiger charge is 2.03. The van der Waals surface area contributed by atoms with Crippen LogP contribution in [0.15, 0.2) is 24.8 Å². The van der Waals surface area contributed by atoms with Gasteiger partial charge in [0, 0.05) is 18.0 Å². The van der Waals surface area contributed by atoms with Gasteiger partial charge in [0.1, 0.15) is 6.33 Å². The largest absolute Gasteiger partial charge is 0.316 e. The lowest BCUT2D eigenvalue weighted by atomic mass is 10.0. The summed E-state index contributed by atoms with van der Waals surface area (Å²) < 4.78 is 0. The average Bonchev–Trinajstić information content (AvgIpc) is 2.18. The van der Waals surface area contributed by atoms with E-state index in [1.807, 2.05) is 12.4 Å². The maximum Gasteiger partial charge on any atom is 0.115 e. The molecule has 0 spiro atoms. The molecular formula is C11H15N3. The molecule has 0 saturated heterocycles. The van der Waals surface area contributed by atoms with Crippen molar-refractivity contribution in [3.8, 4) is 0 Å². The second kappa shape index (κ2) is 4.86. The molecule has 3 heteroatoms. The predicted molar refractivity (Wildman–Crippen MR) is 56.7 cm³/mol. The van der Waals surface area contributed by atoms with Crippen molar-refractivity contribution in [2.24, 2.45) is 0 Å². The van der Waals surface area contributed by atoms with Gasteiger partial charge in [0.05, 0.1) is 0 Å². The van der Waals surface area contributed by atoms with Gasteiger partial charge in [0.25, 0.3) is 0 Å². The molecule has 0 aliphatic carbocycles. The highest BCUT2D eigenvalue weighted by atomic mass is 14.8. The molecule has 2 heterocycles. The van der Waals surface area contributed by atoms with Crippen LogP contribution in [-0.2, 0) is 0 Å². The van der Waals surface area contributed by atoms with Crippen LogP contribution < -0.4 is 5.32 Å². The van der Waals surface area contributed by atoms with Crippen LogP contribution in [-0.4, -0.2) is 23.1 Å². The molecule has 0 bridgehead atoms. The van der Waals surface area contributed by atoms with Crippen LogP contribution in [0, 0.1) is 0 Å². The molecule has 2 rings (SSSR count). The van der Waals surface area contributed by atoms with Crippen molar-refractivity contribution in [1.82, 2.24) is 15.3 Å². The summed E-state index contributed by atoms with van der Waals surface area (Å²) in [5, 5.41) is 3.38. The Morgan fingerprint density at radius 1 is 1.14 bits per heavy atom. The minimum atomic E-state index is 1.08. The second-order valence-corrected chi connectivity index (χ2v) is 3.50. The van der Waals surface area contributed by atoms with E-state index in [0.717, 1.165) is 25.9 Å². The summed E-state index contributed by atoms with van der Waals surface area (Å²) >= 11 is 0. The fourth-order valence-electron chi connectivity index (χ4n) is 1.71. The Labute approximate surface area is 84.3 Å². The van der Waals surface area contributed by atoms with Crippen molar-refractivity contribution in [2.45, 2.75) is 19.3 Å². The van der Waals surface area contributed by atoms with Crippen molar-refractivity contribution in [3.63, 3.8) is 0 Å². The zero-order valence-electron chi connectivity index (χ0n) is 8.24. The molecular weight excluding hydrogens is 174 g/mol. The molecule has 0 radical (unpaired) electrons. The zero-order valence-corrected chi connectivity index (χ0v) is 8.24. The predicted octanol–water partition coefficient (Wildman–Crippen LogP) is 1.63. The molecule has 0 amide bonds. The van der Waals surface area contributed by atoms with Crippen LogP contribution in [0.2, 0.25) is 0 Å². The van der Waals surface area contributed by atoms with Gasteiger partial charge in [-0.2, -0.15) is 0 Å². The maximum absolute atomic E-state index is 4.05. The molecule has 1 aromatic rings. The van der Waals surface area contributed by atoms with Gasteiger partial charge in [-0.15, -0.1) is 0 Å². The fraction of sp³-hybridized carbons (Fsp3) is 0.455. The first-order valence-corrected chi connectivity index (χ1v) is 5.12. The molecule has 3 nitrogen and oxygen atoms in total. The smallest absolute Gasteiger partial charge is 0.115 e. The van der Waals surface area contributed by atoms with Crippen LogP contribution in [0.4, 0.5) is 0 Å². The van der Waals surface area contributed by atoms with Crippen LogP contribution in [0.3, 0.4) is 0 Å². The highest BCUT2D eigenvalue weighted by Crippen LogP contribution is 2.19. The van der Waals surface area contributed by atoms with Gasteiger partial charge >= 0.3 is 0 Å². The standard InChI is InChI=1S/C11H15N3/c1-3-10(4-2-6-12-5-1)11-7-13-9-14-8-11/h3,7-9,12H,1-2,4-6H2/b10-3+. The van der Waals surface area contributed by atoms with E-state index in [2.05, 4.69) is 21.4 Å². The quantitative estimate of drug-likeness (QED) is 0.729. The summed E-state index contributed by atoms with van der Waals surface area (Å²) in [5.74, 6) is 0. The first-order valence-electron chi connectivity index (χ1n) is 5.12. The number of hydrogen-bond donors (Lipinski definition) is 1. The van der Waals surface area contributed by atoms with Gasteiger partial charge < -0.3 is 5.32 Å². The van der Waals surface area contributed by atoms with Crippen molar-refractivity contribution in [2.75, 3.05) is 13.1 Å². The molecule has 74 valence electrons. The number of nitrogens with zero attached hydrogens (tertiary/aromatic N) is 2. The minimum absolute atomic E-state index is 1.08. The van der Waals surface area contributed by atoms with Gasteiger partial charge in [-0.3, -0.25) is 0 Å². The van der Waals surface area contributed by atoms with Crippen molar-refractivity contribution >= 4 is 5.57 Å². The monoisotopic (exact) mass is 189 g/mol. The lowest BCUT2D eigenvalue weighted by Gasteiger charge is -2.11. The summed E-state index contributed by atoms with van der Waals surface area (Å²) in [6.07, 6.45) is 11.1. The molecule has 0 fully saturated rings. The summed E-state index contributed by atoms with van der Waals surface area (Å²) in [6.45, 7) is 2.20. The third-order valence-corrected chi connectivity index (χ3v) is 2.44. The maximum atomic E-state index is 4.05. The van der Waals surface area contributed by atoms with E-state index < -0.39 is 0 Å². The topological polar surface area (TPSA) is 37.8 Å². The Balaban J connectivity index is 2.15. The third kappa shape index (κ3) is 2.39. The van der Waals surface area contributed by atoms with Crippen molar-refractivity contribution in [1.29, 1.82) is 0 Å². The molecule has 1 N–H and O–H groups in total. The number of hydrogen-bond acceptors (Lipinski definition) is 3. The Hall–Kier alpha value is -1.22. The lowest BCUT2D eigenvalue weighted by molar-refractivity contribution is 0.650. The Morgan fingerprint density at radius 2 is 2.00 bits per heavy atom. The third-order valence-electron chi connectivity index (χ3n) is 2.44. The number of nitrogens with one attached hydrogen (secondary N) is 1. The van der Waals surface area contributed by atoms with Crippen molar-refractivity contribution in [3.05, 3.63) is 30.4 Å². The van der Waals surface area contributed by atoms with Crippen LogP contribution in [0.25, 0.3) is 5.57 Å². The van der Waals surface area contributed by atoms with Gasteiger partial charge in [0.2, 0.25) is 0 Å². The summed E-state index contributed by atoms with van der Waals surface area (Å²) in [4.78, 5) is 8.09. The van der Waals surface area contributed by atoms with Gasteiger partial charge in [-0.25, -0.2) is 9.97 Å². The summed E-state index contributed by atoms with van der Waals surface area (Å²) in [5.41, 5.74) is 2.57. The Bertz CT molecular complexity index is 306. The lowest BCUT2D eigenvalue weighted by Crippen LogP contribution is -2.17. The van der Waals surface area contributed by atoms with E-state index in [9.17, 15) is 0 Å². The van der Waals surface area contributed by atoms with E-state index in [1.54, 1.807) is 6.33 Å². The number of aromatic nitrogens is 2. The normalized spacial score (nSPS) is 21.9. The SMILES string of the molecule is C1=C(/c2cncnc2)CCCNCC/1. The van der Waals surface area contributed by atoms with Gasteiger partial charge in [-0.1, -0.05) is 6.08 Å². The first-order chi connectivity index (χ1) is 6.97. The molecule has 0 aromatic carbocycles. The molecule has 14 heavy (non-hydrogen) atoms. The fourth-order valence-corrected chi connectivity index (χ4v) is 1.71. The van der Waals surface area contributed by atoms with Crippen LogP contribution in [0.1, 0.15) is 24.8 Å². The van der Waals surface area contributed by atoms with Gasteiger partial charge in [-0.05, 0) is 37.9 Å². The van der Waals surface area contributed by atoms with Gasteiger partial charge in [0.15, 0.2) is 0 Å². The van der Waals surface area contributed by atoms with E-state index in [1.165, 1.54) is 17.6 Å². The van der Waals surface area contributed by atoms with E-state index in [0.29, 0.717) is 0 Å². The first kappa shape index (κ1) is 9.34. The second-order valence-electron chi connectivity index (χ2n) is 3.50. The van der Waals surface area contributed by atoms with Crippen LogP contribution in [0.5, 0.6) is 0 Å². The Kier molecular flexibility index (Phi) is 3.24. The highest BCUT2D eigenvalue weighted by molar-refractivity contribution is 5.64. The minimum Gasteiger partial charge on any atom is -0.316 e. The molecule has 0 atom stereocenters. The summed E-state index contributed by atoms with van der Waals surface area (Å²) in [7, 11) is 0. The molecule has 0 saturated carbocycles. The molecule has 1 aromatic heterocycles. The molecule has 1 aliphatic heterocycles. The number of rotatable bonds is 1. The van der Waals surface area contributed by atoms with E-state index in [4.69, 9.17) is 0 Å². The molecule has 1 aliphatic rings. The summed E-state index contributed by atoms with van der Waals surface area (Å²) in [6, 6.07) is 0. The van der Waals surface area contributed by atoms with Crippen molar-refractivity contribution < 1.29 is 0 Å². The zero-order chi connectivity index (χ0) is 9.64.